The zero-order valence-electron chi connectivity index (χ0n) is 11.1. The van der Waals surface area contributed by atoms with Gasteiger partial charge in [0, 0.05) is 24.5 Å². The van der Waals surface area contributed by atoms with Crippen molar-refractivity contribution in [2.24, 2.45) is 0 Å². The normalized spacial score (nSPS) is 9.85. The minimum atomic E-state index is -0.431. The summed E-state index contributed by atoms with van der Waals surface area (Å²) in [5.41, 5.74) is 1.81. The van der Waals surface area contributed by atoms with Gasteiger partial charge in [0.05, 0.1) is 22.6 Å². The minimum Gasteiger partial charge on any atom is -0.329 e. The maximum Gasteiger partial charge on any atom is 0.277 e. The van der Waals surface area contributed by atoms with Crippen molar-refractivity contribution in [2.75, 3.05) is 11.9 Å². The molecule has 0 saturated carbocycles. The zero-order chi connectivity index (χ0) is 14.7. The van der Waals surface area contributed by atoms with Crippen molar-refractivity contribution in [3.05, 3.63) is 57.8 Å². The van der Waals surface area contributed by atoms with E-state index in [9.17, 15) is 10.1 Å². The zero-order valence-corrected chi connectivity index (χ0v) is 11.1. The average Bonchev–Trinajstić information content (AvgIpc) is 2.46. The summed E-state index contributed by atoms with van der Waals surface area (Å²) in [7, 11) is 1.75. The van der Waals surface area contributed by atoms with Crippen molar-refractivity contribution >= 4 is 17.2 Å². The van der Waals surface area contributed by atoms with E-state index in [0.717, 1.165) is 5.69 Å². The molecular formula is C14H12N4O2. The largest absolute Gasteiger partial charge is 0.329 e. The van der Waals surface area contributed by atoms with Crippen LogP contribution in [0.4, 0.5) is 17.2 Å². The highest BCUT2D eigenvalue weighted by atomic mass is 16.6. The van der Waals surface area contributed by atoms with Crippen LogP contribution in [0.15, 0.2) is 36.5 Å². The van der Waals surface area contributed by atoms with E-state index >= 15 is 0 Å². The van der Waals surface area contributed by atoms with E-state index in [4.69, 9.17) is 5.26 Å². The van der Waals surface area contributed by atoms with Crippen molar-refractivity contribution in [3.8, 4) is 6.07 Å². The summed E-state index contributed by atoms with van der Waals surface area (Å²) in [6, 6.07) is 10.5. The lowest BCUT2D eigenvalue weighted by Gasteiger charge is -2.18. The molecule has 100 valence electrons. The molecule has 2 rings (SSSR count). The van der Waals surface area contributed by atoms with E-state index < -0.39 is 4.92 Å². The summed E-state index contributed by atoms with van der Waals surface area (Å²) >= 11 is 0. The van der Waals surface area contributed by atoms with Crippen LogP contribution < -0.4 is 4.90 Å². The number of rotatable bonds is 3. The molecule has 6 heteroatoms. The Hall–Kier alpha value is -2.94. The maximum atomic E-state index is 10.9. The van der Waals surface area contributed by atoms with E-state index in [1.54, 1.807) is 37.1 Å². The molecule has 0 atom stereocenters. The smallest absolute Gasteiger partial charge is 0.277 e. The van der Waals surface area contributed by atoms with Crippen molar-refractivity contribution < 1.29 is 4.92 Å². The number of anilines is 2. The number of benzene rings is 1. The number of nitro groups is 1. The maximum absolute atomic E-state index is 10.9. The lowest BCUT2D eigenvalue weighted by molar-refractivity contribution is -0.385. The second-order valence-electron chi connectivity index (χ2n) is 4.31. The molecule has 0 aliphatic carbocycles. The fourth-order valence-electron chi connectivity index (χ4n) is 1.80. The molecule has 1 aromatic carbocycles. The molecular weight excluding hydrogens is 256 g/mol. The number of pyridine rings is 1. The van der Waals surface area contributed by atoms with Gasteiger partial charge in [0.15, 0.2) is 0 Å². The SMILES string of the molecule is Cc1cnc(N(C)c2cccc(C#N)c2)cc1[N+](=O)[O-]. The van der Waals surface area contributed by atoms with Gasteiger partial charge in [-0.25, -0.2) is 4.98 Å². The molecule has 0 amide bonds. The van der Waals surface area contributed by atoms with Gasteiger partial charge in [0.2, 0.25) is 0 Å². The topological polar surface area (TPSA) is 83.1 Å². The molecule has 0 aliphatic heterocycles. The standard InChI is InChI=1S/C14H12N4O2/c1-10-9-16-14(7-13(10)18(19)20)17(2)12-5-3-4-11(6-12)8-15/h3-7,9H,1-2H3. The molecule has 0 unspecified atom stereocenters. The Kier molecular flexibility index (Phi) is 3.62. The van der Waals surface area contributed by atoms with Gasteiger partial charge in [-0.3, -0.25) is 10.1 Å². The van der Waals surface area contributed by atoms with Crippen LogP contribution in [0.2, 0.25) is 0 Å². The monoisotopic (exact) mass is 268 g/mol. The Morgan fingerprint density at radius 3 is 2.80 bits per heavy atom. The molecule has 0 bridgehead atoms. The van der Waals surface area contributed by atoms with Gasteiger partial charge < -0.3 is 4.90 Å². The minimum absolute atomic E-state index is 0.0262. The fourth-order valence-corrected chi connectivity index (χ4v) is 1.80. The van der Waals surface area contributed by atoms with Crippen LogP contribution in [0, 0.1) is 28.4 Å². The number of hydrogen-bond acceptors (Lipinski definition) is 5. The molecule has 0 N–H and O–H groups in total. The van der Waals surface area contributed by atoms with Gasteiger partial charge in [-0.1, -0.05) is 6.07 Å². The summed E-state index contributed by atoms with van der Waals surface area (Å²) < 4.78 is 0. The highest BCUT2D eigenvalue weighted by molar-refractivity contribution is 5.63. The Labute approximate surface area is 116 Å². The van der Waals surface area contributed by atoms with E-state index in [-0.39, 0.29) is 5.69 Å². The first-order chi connectivity index (χ1) is 9.52. The first-order valence-corrected chi connectivity index (χ1v) is 5.88. The lowest BCUT2D eigenvalue weighted by atomic mass is 10.2. The Balaban J connectivity index is 2.43. The lowest BCUT2D eigenvalue weighted by Crippen LogP contribution is -2.12. The first-order valence-electron chi connectivity index (χ1n) is 5.88. The molecule has 0 radical (unpaired) electrons. The van der Waals surface area contributed by atoms with Gasteiger partial charge in [0.25, 0.3) is 5.69 Å². The predicted octanol–water partition coefficient (Wildman–Crippen LogP) is 2.94. The van der Waals surface area contributed by atoms with Crippen LogP contribution in [0.25, 0.3) is 0 Å². The van der Waals surface area contributed by atoms with E-state index in [1.165, 1.54) is 12.3 Å². The predicted molar refractivity (Wildman–Crippen MR) is 74.8 cm³/mol. The highest BCUT2D eigenvalue weighted by Gasteiger charge is 2.15. The average molecular weight is 268 g/mol. The number of aryl methyl sites for hydroxylation is 1. The molecule has 1 heterocycles. The van der Waals surface area contributed by atoms with Crippen molar-refractivity contribution in [2.45, 2.75) is 6.92 Å². The quantitative estimate of drug-likeness (QED) is 0.631. The third-order valence-electron chi connectivity index (χ3n) is 2.96. The Morgan fingerprint density at radius 2 is 2.15 bits per heavy atom. The van der Waals surface area contributed by atoms with E-state index in [2.05, 4.69) is 11.1 Å². The van der Waals surface area contributed by atoms with Crippen molar-refractivity contribution in [1.29, 1.82) is 5.26 Å². The number of nitrogens with zero attached hydrogens (tertiary/aromatic N) is 4. The summed E-state index contributed by atoms with van der Waals surface area (Å²) in [5, 5.41) is 19.8. The van der Waals surface area contributed by atoms with Crippen molar-refractivity contribution in [1.82, 2.24) is 4.98 Å². The van der Waals surface area contributed by atoms with Crippen molar-refractivity contribution in [3.63, 3.8) is 0 Å². The summed E-state index contributed by atoms with van der Waals surface area (Å²) in [5.74, 6) is 0.456. The van der Waals surface area contributed by atoms with Gasteiger partial charge in [0.1, 0.15) is 5.82 Å². The molecule has 0 aliphatic rings. The summed E-state index contributed by atoms with van der Waals surface area (Å²) in [4.78, 5) is 16.4. The molecule has 6 nitrogen and oxygen atoms in total. The van der Waals surface area contributed by atoms with E-state index in [0.29, 0.717) is 16.9 Å². The summed E-state index contributed by atoms with van der Waals surface area (Å²) in [6.07, 6.45) is 1.47. The van der Waals surface area contributed by atoms with Crippen LogP contribution in [0.1, 0.15) is 11.1 Å². The van der Waals surface area contributed by atoms with Gasteiger partial charge in [-0.2, -0.15) is 5.26 Å². The van der Waals surface area contributed by atoms with Crippen LogP contribution in [0.3, 0.4) is 0 Å². The Bertz CT molecular complexity index is 707. The fraction of sp³-hybridized carbons (Fsp3) is 0.143. The van der Waals surface area contributed by atoms with E-state index in [1.807, 2.05) is 6.07 Å². The molecule has 0 fully saturated rings. The summed E-state index contributed by atoms with van der Waals surface area (Å²) in [6.45, 7) is 1.64. The first kappa shape index (κ1) is 13.5. The molecule has 0 spiro atoms. The molecule has 0 saturated heterocycles. The second-order valence-corrected chi connectivity index (χ2v) is 4.31. The molecule has 2 aromatic rings. The van der Waals surface area contributed by atoms with Crippen LogP contribution >= 0.6 is 0 Å². The van der Waals surface area contributed by atoms with Gasteiger partial charge in [-0.15, -0.1) is 0 Å². The highest BCUT2D eigenvalue weighted by Crippen LogP contribution is 2.27. The Morgan fingerprint density at radius 1 is 1.40 bits per heavy atom. The van der Waals surface area contributed by atoms with Gasteiger partial charge >= 0.3 is 0 Å². The number of nitriles is 1. The van der Waals surface area contributed by atoms with Crippen LogP contribution in [-0.4, -0.2) is 17.0 Å². The van der Waals surface area contributed by atoms with Crippen LogP contribution in [-0.2, 0) is 0 Å². The third kappa shape index (κ3) is 2.57. The second kappa shape index (κ2) is 5.36. The number of hydrogen-bond donors (Lipinski definition) is 0. The molecule has 1 aromatic heterocycles. The number of aromatic nitrogens is 1. The molecule has 20 heavy (non-hydrogen) atoms. The van der Waals surface area contributed by atoms with Gasteiger partial charge in [-0.05, 0) is 25.1 Å². The third-order valence-corrected chi connectivity index (χ3v) is 2.96. The van der Waals surface area contributed by atoms with Crippen LogP contribution in [0.5, 0.6) is 0 Å².